The molecule has 0 aromatic heterocycles. The molecule has 0 N–H and O–H groups in total. The Morgan fingerprint density at radius 3 is 0.879 bits per heavy atom. The number of hydrogen-bond acceptors (Lipinski definition) is 0. The summed E-state index contributed by atoms with van der Waals surface area (Å²) in [5, 5.41) is 0. The molecule has 5 aromatic carbocycles. The molecule has 0 saturated carbocycles. The molecule has 0 fully saturated rings. The van der Waals surface area contributed by atoms with E-state index in [0.717, 1.165) is 0 Å². The van der Waals surface area contributed by atoms with Gasteiger partial charge < -0.3 is 0 Å². The van der Waals surface area contributed by atoms with Crippen molar-refractivity contribution in [2.45, 2.75) is 3.05 Å². The summed E-state index contributed by atoms with van der Waals surface area (Å²) in [4.78, 5) is 0. The summed E-state index contributed by atoms with van der Waals surface area (Å²) in [6.45, 7) is 0. The first kappa shape index (κ1) is 21.9. The number of hydrogen-bond donors (Lipinski definition) is 0. The van der Waals surface area contributed by atoms with Gasteiger partial charge in [-0.05, 0) is 0 Å². The molecule has 157 valence electrons. The molecule has 33 heavy (non-hydrogen) atoms. The Hall–Kier alpha value is -2.88. The van der Waals surface area contributed by atoms with Gasteiger partial charge in [0.05, 0.1) is 0 Å². The molecule has 5 rings (SSSR count). The van der Waals surface area contributed by atoms with E-state index in [2.05, 4.69) is 162 Å². The van der Waals surface area contributed by atoms with Gasteiger partial charge in [0.25, 0.3) is 0 Å². The second kappa shape index (κ2) is 9.54. The summed E-state index contributed by atoms with van der Waals surface area (Å²) in [5.74, 6) is 0. The minimum atomic E-state index is -3.87. The van der Waals surface area contributed by atoms with Crippen molar-refractivity contribution >= 4 is 39.4 Å². The third kappa shape index (κ3) is 3.70. The summed E-state index contributed by atoms with van der Waals surface area (Å²) < 4.78 is 3.94. The van der Waals surface area contributed by atoms with Crippen molar-refractivity contribution in [3.05, 3.63) is 163 Å². The summed E-state index contributed by atoms with van der Waals surface area (Å²) in [6.07, 6.45) is 0. The fraction of sp³-hybridized carbons (Fsp3) is 0.0323. The maximum atomic E-state index is 4.60. The number of benzene rings is 5. The van der Waals surface area contributed by atoms with Gasteiger partial charge in [0.1, 0.15) is 0 Å². The van der Waals surface area contributed by atoms with Gasteiger partial charge in [-0.1, -0.05) is 0 Å². The van der Waals surface area contributed by atoms with Crippen LogP contribution in [-0.2, 0) is 3.05 Å². The van der Waals surface area contributed by atoms with Gasteiger partial charge in [-0.3, -0.25) is 0 Å². The maximum absolute atomic E-state index is 4.60. The van der Waals surface area contributed by atoms with Crippen LogP contribution in [0.1, 0.15) is 11.1 Å². The molecule has 0 atom stereocenters. The Balaban J connectivity index is 2.01. The van der Waals surface area contributed by atoms with Gasteiger partial charge in [-0.15, -0.1) is 0 Å². The van der Waals surface area contributed by atoms with Crippen LogP contribution in [0.5, 0.6) is 0 Å². The van der Waals surface area contributed by atoms with Crippen molar-refractivity contribution in [2.24, 2.45) is 0 Å². The molecule has 0 aliphatic heterocycles. The Morgan fingerprint density at radius 2 is 0.606 bits per heavy atom. The summed E-state index contributed by atoms with van der Waals surface area (Å²) in [6, 6.07) is 55.5. The molecule has 0 nitrogen and oxygen atoms in total. The van der Waals surface area contributed by atoms with Crippen LogP contribution in [0.4, 0.5) is 0 Å². The summed E-state index contributed by atoms with van der Waals surface area (Å²) in [5.41, 5.74) is 2.58. The fourth-order valence-corrected chi connectivity index (χ4v) is 24.3. The first-order chi connectivity index (χ1) is 16.3. The zero-order chi connectivity index (χ0) is 22.6. The molecule has 0 aliphatic rings. The van der Waals surface area contributed by atoms with Crippen LogP contribution in [-0.4, -0.2) is 28.6 Å². The molecule has 3 radical (unpaired) electrons. The molecular formula is C31H25SiSn. The van der Waals surface area contributed by atoms with Gasteiger partial charge in [-0.25, -0.2) is 0 Å². The van der Waals surface area contributed by atoms with Crippen molar-refractivity contribution in [2.75, 3.05) is 0 Å². The first-order valence-corrected chi connectivity index (χ1v) is 17.5. The van der Waals surface area contributed by atoms with Crippen LogP contribution in [0.25, 0.3) is 0 Å². The fourth-order valence-electron chi connectivity index (χ4n) is 5.19. The average molecular weight is 544 g/mol. The van der Waals surface area contributed by atoms with E-state index in [1.54, 1.807) is 0 Å². The Bertz CT molecular complexity index is 1150. The predicted molar refractivity (Wildman–Crippen MR) is 143 cm³/mol. The molecule has 0 aliphatic carbocycles. The molecule has 0 unspecified atom stereocenters. The van der Waals surface area contributed by atoms with E-state index < -0.39 is 18.4 Å². The van der Waals surface area contributed by atoms with E-state index >= 15 is 0 Å². The van der Waals surface area contributed by atoms with E-state index in [1.165, 1.54) is 21.9 Å². The standard InChI is InChI=1S/C13H10Si.3C6H5.Sn/c14-13(11-7-3-1-4-8-11)12-9-5-2-6-10-12;3*1-2-4-6-5-3-1;/h1-10H;3*1-5H;. The molecule has 2 heteroatoms. The minimum absolute atomic E-state index is 0.374. The van der Waals surface area contributed by atoms with Crippen LogP contribution in [0, 0.1) is 0 Å². The van der Waals surface area contributed by atoms with Crippen molar-refractivity contribution < 1.29 is 0 Å². The zero-order valence-corrected chi connectivity index (χ0v) is 22.3. The first-order valence-electron chi connectivity index (χ1n) is 11.3. The zero-order valence-electron chi connectivity index (χ0n) is 18.4. The molecule has 0 heterocycles. The Kier molecular flexibility index (Phi) is 6.34. The van der Waals surface area contributed by atoms with Gasteiger partial charge in [0.2, 0.25) is 0 Å². The normalized spacial score (nSPS) is 11.8. The van der Waals surface area contributed by atoms with E-state index in [-0.39, 0.29) is 3.05 Å². The second-order valence-electron chi connectivity index (χ2n) is 8.33. The van der Waals surface area contributed by atoms with Gasteiger partial charge >= 0.3 is 205 Å². The second-order valence-corrected chi connectivity index (χ2v) is 21.9. The molecule has 0 bridgehead atoms. The summed E-state index contributed by atoms with van der Waals surface area (Å²) in [7, 11) is 4.60. The van der Waals surface area contributed by atoms with Gasteiger partial charge in [0.15, 0.2) is 0 Å². The average Bonchev–Trinajstić information content (AvgIpc) is 2.92. The van der Waals surface area contributed by atoms with Crippen LogP contribution in [0.15, 0.2) is 152 Å². The molecule has 0 spiro atoms. The van der Waals surface area contributed by atoms with Crippen molar-refractivity contribution in [1.29, 1.82) is 0 Å². The van der Waals surface area contributed by atoms with Crippen molar-refractivity contribution in [1.82, 2.24) is 0 Å². The predicted octanol–water partition coefficient (Wildman–Crippen LogP) is 4.81. The van der Waals surface area contributed by atoms with E-state index in [4.69, 9.17) is 0 Å². The van der Waals surface area contributed by atoms with Crippen LogP contribution in [0.2, 0.25) is 0 Å². The van der Waals surface area contributed by atoms with Crippen molar-refractivity contribution in [3.63, 3.8) is 0 Å². The summed E-state index contributed by atoms with van der Waals surface area (Å²) >= 11 is -3.87. The molecule has 0 saturated heterocycles. The van der Waals surface area contributed by atoms with Crippen LogP contribution < -0.4 is 10.7 Å². The Labute approximate surface area is 204 Å². The van der Waals surface area contributed by atoms with E-state index in [0.29, 0.717) is 0 Å². The topological polar surface area (TPSA) is 0 Å². The van der Waals surface area contributed by atoms with Crippen LogP contribution in [0.3, 0.4) is 0 Å². The number of rotatable bonds is 6. The van der Waals surface area contributed by atoms with Crippen LogP contribution >= 0.6 is 0 Å². The molecular weight excluding hydrogens is 519 g/mol. The van der Waals surface area contributed by atoms with E-state index in [9.17, 15) is 0 Å². The molecule has 5 aromatic rings. The quantitative estimate of drug-likeness (QED) is 0.270. The van der Waals surface area contributed by atoms with Gasteiger partial charge in [-0.2, -0.15) is 0 Å². The third-order valence-corrected chi connectivity index (χ3v) is 24.8. The third-order valence-electron chi connectivity index (χ3n) is 6.60. The Morgan fingerprint density at radius 1 is 0.364 bits per heavy atom. The van der Waals surface area contributed by atoms with E-state index in [1.807, 2.05) is 0 Å². The SMILES string of the molecule is [Si][C](c1ccccc1)(c1ccccc1)[Sn]([c]1ccccc1)([c]1ccccc1)[c]1ccccc1. The van der Waals surface area contributed by atoms with Gasteiger partial charge in [0, 0.05) is 0 Å². The van der Waals surface area contributed by atoms with Crippen molar-refractivity contribution in [3.8, 4) is 0 Å². The monoisotopic (exact) mass is 545 g/mol. The molecule has 0 amide bonds.